The van der Waals surface area contributed by atoms with E-state index in [4.69, 9.17) is 4.98 Å². The zero-order valence-electron chi connectivity index (χ0n) is 15.2. The average Bonchev–Trinajstić information content (AvgIpc) is 3.39. The molecule has 4 heterocycles. The Morgan fingerprint density at radius 1 is 1.23 bits per heavy atom. The van der Waals surface area contributed by atoms with Crippen LogP contribution in [0.3, 0.4) is 0 Å². The smallest absolute Gasteiger partial charge is 0.146 e. The molecular formula is C21H25N5. The Labute approximate surface area is 153 Å². The molecule has 0 aliphatic carbocycles. The van der Waals surface area contributed by atoms with Crippen molar-refractivity contribution in [2.75, 3.05) is 18.0 Å². The molecule has 5 rings (SSSR count). The molecular weight excluding hydrogens is 322 g/mol. The van der Waals surface area contributed by atoms with Crippen molar-refractivity contribution < 1.29 is 0 Å². The van der Waals surface area contributed by atoms with E-state index in [9.17, 15) is 0 Å². The Bertz CT molecular complexity index is 925. The van der Waals surface area contributed by atoms with Gasteiger partial charge in [-0.2, -0.15) is 0 Å². The first-order valence-corrected chi connectivity index (χ1v) is 9.73. The van der Waals surface area contributed by atoms with Crippen LogP contribution in [0, 0.1) is 0 Å². The number of hydrogen-bond acceptors (Lipinski definition) is 4. The molecule has 0 radical (unpaired) electrons. The van der Waals surface area contributed by atoms with Crippen LogP contribution < -0.4 is 10.2 Å². The van der Waals surface area contributed by atoms with Crippen LogP contribution in [-0.2, 0) is 5.41 Å². The monoisotopic (exact) mass is 347 g/mol. The fraction of sp³-hybridized carbons (Fsp3) is 0.429. The van der Waals surface area contributed by atoms with E-state index in [2.05, 4.69) is 57.4 Å². The third-order valence-electron chi connectivity index (χ3n) is 6.23. The second-order valence-electron chi connectivity index (χ2n) is 7.57. The zero-order chi connectivity index (χ0) is 17.6. The molecule has 2 atom stereocenters. The topological polar surface area (TPSA) is 56.8 Å². The SMILES string of the molecule is CCCC[C@H]1N(c2ncnc3[nH]ccc23)c2ccccc2[C@@]12CCNC2. The predicted molar refractivity (Wildman–Crippen MR) is 105 cm³/mol. The lowest BCUT2D eigenvalue weighted by atomic mass is 9.74. The molecule has 2 N–H and O–H groups in total. The van der Waals surface area contributed by atoms with Crippen molar-refractivity contribution in [3.8, 4) is 0 Å². The zero-order valence-corrected chi connectivity index (χ0v) is 15.2. The van der Waals surface area contributed by atoms with E-state index >= 15 is 0 Å². The number of rotatable bonds is 4. The molecule has 1 fully saturated rings. The highest BCUT2D eigenvalue weighted by molar-refractivity contribution is 5.91. The van der Waals surface area contributed by atoms with Crippen molar-refractivity contribution in [2.24, 2.45) is 0 Å². The Kier molecular flexibility index (Phi) is 3.71. The van der Waals surface area contributed by atoms with Crippen molar-refractivity contribution >= 4 is 22.5 Å². The summed E-state index contributed by atoms with van der Waals surface area (Å²) >= 11 is 0. The fourth-order valence-corrected chi connectivity index (χ4v) is 5.04. The Morgan fingerprint density at radius 2 is 2.15 bits per heavy atom. The number of hydrogen-bond donors (Lipinski definition) is 2. The van der Waals surface area contributed by atoms with Crippen molar-refractivity contribution in [1.82, 2.24) is 20.3 Å². The molecule has 0 bridgehead atoms. The highest BCUT2D eigenvalue weighted by Gasteiger charge is 2.52. The molecule has 5 nitrogen and oxygen atoms in total. The largest absolute Gasteiger partial charge is 0.346 e. The van der Waals surface area contributed by atoms with Crippen LogP contribution in [0.2, 0.25) is 0 Å². The number of anilines is 2. The van der Waals surface area contributed by atoms with Gasteiger partial charge in [-0.15, -0.1) is 0 Å². The van der Waals surface area contributed by atoms with Gasteiger partial charge in [0.25, 0.3) is 0 Å². The van der Waals surface area contributed by atoms with Crippen molar-refractivity contribution in [2.45, 2.75) is 44.1 Å². The number of unbranched alkanes of at least 4 members (excludes halogenated alkanes) is 1. The molecule has 3 aromatic rings. The van der Waals surface area contributed by atoms with E-state index in [1.54, 1.807) is 6.33 Å². The summed E-state index contributed by atoms with van der Waals surface area (Å²) < 4.78 is 0. The number of nitrogens with one attached hydrogen (secondary N) is 2. The molecule has 2 aliphatic rings. The maximum absolute atomic E-state index is 4.75. The lowest BCUT2D eigenvalue weighted by Gasteiger charge is -2.36. The highest BCUT2D eigenvalue weighted by Crippen LogP contribution is 2.53. The van der Waals surface area contributed by atoms with Gasteiger partial charge in [0.2, 0.25) is 0 Å². The van der Waals surface area contributed by atoms with E-state index in [-0.39, 0.29) is 5.41 Å². The van der Waals surface area contributed by atoms with Gasteiger partial charge in [0, 0.05) is 29.9 Å². The number of aromatic nitrogens is 3. The molecule has 5 heteroatoms. The van der Waals surface area contributed by atoms with Gasteiger partial charge in [-0.05, 0) is 37.1 Å². The van der Waals surface area contributed by atoms with Gasteiger partial charge in [0.1, 0.15) is 17.8 Å². The van der Waals surface area contributed by atoms with Crippen molar-refractivity contribution in [1.29, 1.82) is 0 Å². The minimum atomic E-state index is 0.180. The molecule has 134 valence electrons. The lowest BCUT2D eigenvalue weighted by Crippen LogP contribution is -2.44. The molecule has 1 saturated heterocycles. The van der Waals surface area contributed by atoms with E-state index in [0.29, 0.717) is 6.04 Å². The Hall–Kier alpha value is -2.40. The molecule has 0 saturated carbocycles. The summed E-state index contributed by atoms with van der Waals surface area (Å²) in [5.74, 6) is 1.04. The van der Waals surface area contributed by atoms with Gasteiger partial charge in [0.05, 0.1) is 5.39 Å². The van der Waals surface area contributed by atoms with Crippen LogP contribution in [0.4, 0.5) is 11.5 Å². The average molecular weight is 347 g/mol. The predicted octanol–water partition coefficient (Wildman–Crippen LogP) is 3.90. The van der Waals surface area contributed by atoms with Gasteiger partial charge in [-0.1, -0.05) is 38.0 Å². The van der Waals surface area contributed by atoms with E-state index in [0.717, 1.165) is 29.9 Å². The minimum Gasteiger partial charge on any atom is -0.346 e. The molecule has 2 aliphatic heterocycles. The summed E-state index contributed by atoms with van der Waals surface area (Å²) in [6.07, 6.45) is 8.47. The molecule has 2 aromatic heterocycles. The Morgan fingerprint density at radius 3 is 3.00 bits per heavy atom. The lowest BCUT2D eigenvalue weighted by molar-refractivity contribution is 0.370. The maximum atomic E-state index is 4.75. The Balaban J connectivity index is 1.73. The number of fused-ring (bicyclic) bond motifs is 3. The van der Waals surface area contributed by atoms with Gasteiger partial charge in [-0.25, -0.2) is 9.97 Å². The van der Waals surface area contributed by atoms with Gasteiger partial charge < -0.3 is 15.2 Å². The summed E-state index contributed by atoms with van der Waals surface area (Å²) in [6.45, 7) is 4.42. The molecule has 1 spiro atoms. The first-order valence-electron chi connectivity index (χ1n) is 9.73. The number of aromatic amines is 1. The normalized spacial score (nSPS) is 24.7. The molecule has 1 aromatic carbocycles. The van der Waals surface area contributed by atoms with Crippen LogP contribution >= 0.6 is 0 Å². The number of benzene rings is 1. The molecule has 0 amide bonds. The van der Waals surface area contributed by atoms with Crippen LogP contribution in [0.25, 0.3) is 11.0 Å². The molecule has 0 unspecified atom stereocenters. The standard InChI is InChI=1S/C21H25N5/c1-2-3-8-18-21(10-12-22-13-21)16-6-4-5-7-17(16)26(18)20-15-9-11-23-19(15)24-14-25-20/h4-7,9,11,14,18,22H,2-3,8,10,12-13H2,1H3,(H,23,24,25)/t18-,21+/m1/s1. The van der Waals surface area contributed by atoms with Gasteiger partial charge in [-0.3, -0.25) is 0 Å². The van der Waals surface area contributed by atoms with Crippen molar-refractivity contribution in [3.63, 3.8) is 0 Å². The number of para-hydroxylation sites is 1. The van der Waals surface area contributed by atoms with Crippen LogP contribution in [0.1, 0.15) is 38.2 Å². The van der Waals surface area contributed by atoms with Crippen LogP contribution in [-0.4, -0.2) is 34.1 Å². The van der Waals surface area contributed by atoms with Gasteiger partial charge in [0.15, 0.2) is 0 Å². The van der Waals surface area contributed by atoms with Crippen molar-refractivity contribution in [3.05, 3.63) is 48.4 Å². The van der Waals surface area contributed by atoms with Gasteiger partial charge >= 0.3 is 0 Å². The summed E-state index contributed by atoms with van der Waals surface area (Å²) in [7, 11) is 0. The summed E-state index contributed by atoms with van der Waals surface area (Å²) in [5, 5.41) is 4.74. The van der Waals surface area contributed by atoms with E-state index < -0.39 is 0 Å². The van der Waals surface area contributed by atoms with Crippen LogP contribution in [0.5, 0.6) is 0 Å². The maximum Gasteiger partial charge on any atom is 0.146 e. The fourth-order valence-electron chi connectivity index (χ4n) is 5.04. The first kappa shape index (κ1) is 15.8. The third kappa shape index (κ3) is 2.13. The first-order chi connectivity index (χ1) is 12.8. The van der Waals surface area contributed by atoms with E-state index in [1.807, 2.05) is 6.20 Å². The summed E-state index contributed by atoms with van der Waals surface area (Å²) in [5.41, 5.74) is 3.89. The second kappa shape index (κ2) is 6.09. The molecule has 26 heavy (non-hydrogen) atoms. The highest BCUT2D eigenvalue weighted by atomic mass is 15.3. The number of nitrogens with zero attached hydrogens (tertiary/aromatic N) is 3. The minimum absolute atomic E-state index is 0.180. The third-order valence-corrected chi connectivity index (χ3v) is 6.23. The van der Waals surface area contributed by atoms with E-state index in [1.165, 1.54) is 36.9 Å². The number of H-pyrrole nitrogens is 1. The second-order valence-corrected chi connectivity index (χ2v) is 7.57. The summed E-state index contributed by atoms with van der Waals surface area (Å²) in [4.78, 5) is 14.9. The summed E-state index contributed by atoms with van der Waals surface area (Å²) in [6, 6.07) is 11.5. The van der Waals surface area contributed by atoms with Crippen LogP contribution in [0.15, 0.2) is 42.9 Å². The quantitative estimate of drug-likeness (QED) is 0.751.